The smallest absolute Gasteiger partial charge is 0.141 e. The number of ether oxygens (including phenoxy) is 1. The highest BCUT2D eigenvalue weighted by Crippen LogP contribution is 2.23. The van der Waals surface area contributed by atoms with Crippen molar-refractivity contribution in [1.29, 1.82) is 0 Å². The second-order valence-corrected chi connectivity index (χ2v) is 6.12. The molecule has 0 amide bonds. The fraction of sp³-hybridized carbons (Fsp3) is 0.688. The Hall–Kier alpha value is -1.20. The highest BCUT2D eigenvalue weighted by molar-refractivity contribution is 5.47. The van der Waals surface area contributed by atoms with E-state index in [-0.39, 0.29) is 5.82 Å². The molecule has 4 nitrogen and oxygen atoms in total. The molecule has 1 fully saturated rings. The number of nitrogens with zero attached hydrogens (tertiary/aromatic N) is 2. The molecule has 0 bridgehead atoms. The van der Waals surface area contributed by atoms with Crippen molar-refractivity contribution in [3.05, 3.63) is 23.6 Å². The van der Waals surface area contributed by atoms with Crippen LogP contribution in [-0.2, 0) is 11.3 Å². The Kier molecular flexibility index (Phi) is 5.94. The number of aromatic nitrogens is 1. The van der Waals surface area contributed by atoms with Gasteiger partial charge in [-0.15, -0.1) is 0 Å². The molecule has 0 aliphatic carbocycles. The summed E-state index contributed by atoms with van der Waals surface area (Å²) in [5.41, 5.74) is 0.921. The summed E-state index contributed by atoms with van der Waals surface area (Å²) < 4.78 is 18.9. The van der Waals surface area contributed by atoms with Gasteiger partial charge in [-0.05, 0) is 31.4 Å². The maximum Gasteiger partial charge on any atom is 0.141 e. The van der Waals surface area contributed by atoms with E-state index in [1.165, 1.54) is 6.20 Å². The second-order valence-electron chi connectivity index (χ2n) is 6.12. The zero-order chi connectivity index (χ0) is 15.2. The van der Waals surface area contributed by atoms with Crippen molar-refractivity contribution in [2.45, 2.75) is 39.3 Å². The zero-order valence-electron chi connectivity index (χ0n) is 13.2. The number of halogens is 1. The van der Waals surface area contributed by atoms with Crippen LogP contribution in [0.4, 0.5) is 10.2 Å². The maximum atomic E-state index is 13.5. The van der Waals surface area contributed by atoms with Crippen molar-refractivity contribution in [3.63, 3.8) is 0 Å². The van der Waals surface area contributed by atoms with Crippen LogP contribution in [0, 0.1) is 11.7 Å². The SMILES string of the molecule is CC(C)CNCc1cc(F)cnc1N(C)C1CCOCC1. The van der Waals surface area contributed by atoms with Gasteiger partial charge in [0.2, 0.25) is 0 Å². The van der Waals surface area contributed by atoms with Crippen molar-refractivity contribution >= 4 is 5.82 Å². The normalized spacial score (nSPS) is 16.4. The van der Waals surface area contributed by atoms with Gasteiger partial charge in [0.25, 0.3) is 0 Å². The lowest BCUT2D eigenvalue weighted by Gasteiger charge is -2.33. The fourth-order valence-electron chi connectivity index (χ4n) is 2.66. The minimum atomic E-state index is -0.277. The van der Waals surface area contributed by atoms with Crippen molar-refractivity contribution < 1.29 is 9.13 Å². The predicted molar refractivity (Wildman–Crippen MR) is 83.0 cm³/mol. The lowest BCUT2D eigenvalue weighted by molar-refractivity contribution is 0.0853. The van der Waals surface area contributed by atoms with Gasteiger partial charge >= 0.3 is 0 Å². The second kappa shape index (κ2) is 7.71. The number of hydrogen-bond donors (Lipinski definition) is 1. The van der Waals surface area contributed by atoms with E-state index in [1.807, 2.05) is 7.05 Å². The Morgan fingerprint density at radius 1 is 1.43 bits per heavy atom. The number of anilines is 1. The first-order chi connectivity index (χ1) is 10.1. The van der Waals surface area contributed by atoms with Crippen LogP contribution in [0.2, 0.25) is 0 Å². The van der Waals surface area contributed by atoms with E-state index in [0.29, 0.717) is 18.5 Å². The van der Waals surface area contributed by atoms with Crippen LogP contribution in [0.15, 0.2) is 12.3 Å². The van der Waals surface area contributed by atoms with E-state index in [4.69, 9.17) is 4.74 Å². The molecular formula is C16H26FN3O. The van der Waals surface area contributed by atoms with Gasteiger partial charge in [0.1, 0.15) is 11.6 Å². The number of pyridine rings is 1. The summed E-state index contributed by atoms with van der Waals surface area (Å²) in [7, 11) is 2.04. The van der Waals surface area contributed by atoms with Crippen LogP contribution in [0.5, 0.6) is 0 Å². The van der Waals surface area contributed by atoms with Crippen LogP contribution < -0.4 is 10.2 Å². The molecule has 0 spiro atoms. The number of nitrogens with one attached hydrogen (secondary N) is 1. The van der Waals surface area contributed by atoms with Crippen molar-refractivity contribution in [1.82, 2.24) is 10.3 Å². The van der Waals surface area contributed by atoms with E-state index in [1.54, 1.807) is 6.07 Å². The third kappa shape index (κ3) is 4.64. The lowest BCUT2D eigenvalue weighted by Crippen LogP contribution is -2.38. The largest absolute Gasteiger partial charge is 0.381 e. The van der Waals surface area contributed by atoms with E-state index >= 15 is 0 Å². The van der Waals surface area contributed by atoms with Crippen molar-refractivity contribution in [2.75, 3.05) is 31.7 Å². The first kappa shape index (κ1) is 16.2. The highest BCUT2D eigenvalue weighted by Gasteiger charge is 2.21. The van der Waals surface area contributed by atoms with E-state index in [2.05, 4.69) is 29.0 Å². The summed E-state index contributed by atoms with van der Waals surface area (Å²) in [6.07, 6.45) is 3.29. The van der Waals surface area contributed by atoms with Gasteiger partial charge in [-0.3, -0.25) is 0 Å². The number of rotatable bonds is 6. The minimum absolute atomic E-state index is 0.277. The zero-order valence-corrected chi connectivity index (χ0v) is 13.2. The molecule has 1 aromatic rings. The third-order valence-electron chi connectivity index (χ3n) is 3.85. The van der Waals surface area contributed by atoms with Crippen LogP contribution in [0.1, 0.15) is 32.3 Å². The van der Waals surface area contributed by atoms with Gasteiger partial charge in [-0.1, -0.05) is 13.8 Å². The lowest BCUT2D eigenvalue weighted by atomic mass is 10.1. The summed E-state index contributed by atoms with van der Waals surface area (Å²) in [6, 6.07) is 2.01. The van der Waals surface area contributed by atoms with Gasteiger partial charge < -0.3 is 15.0 Å². The van der Waals surface area contributed by atoms with Crippen LogP contribution >= 0.6 is 0 Å². The molecule has 0 radical (unpaired) electrons. The quantitative estimate of drug-likeness (QED) is 0.875. The summed E-state index contributed by atoms with van der Waals surface area (Å²) in [5.74, 6) is 1.17. The summed E-state index contributed by atoms with van der Waals surface area (Å²) in [5, 5.41) is 3.37. The van der Waals surface area contributed by atoms with Gasteiger partial charge in [0.05, 0.1) is 6.20 Å². The molecule has 2 heterocycles. The van der Waals surface area contributed by atoms with Crippen molar-refractivity contribution in [2.24, 2.45) is 5.92 Å². The molecular weight excluding hydrogens is 269 g/mol. The Labute approximate surface area is 126 Å². The Morgan fingerprint density at radius 2 is 2.14 bits per heavy atom. The molecule has 118 valence electrons. The number of hydrogen-bond acceptors (Lipinski definition) is 4. The maximum absolute atomic E-state index is 13.5. The molecule has 0 saturated carbocycles. The fourth-order valence-corrected chi connectivity index (χ4v) is 2.66. The molecule has 5 heteroatoms. The minimum Gasteiger partial charge on any atom is -0.381 e. The van der Waals surface area contributed by atoms with Crippen molar-refractivity contribution in [3.8, 4) is 0 Å². The van der Waals surface area contributed by atoms with Gasteiger partial charge in [-0.25, -0.2) is 9.37 Å². The molecule has 1 saturated heterocycles. The van der Waals surface area contributed by atoms with E-state index in [0.717, 1.165) is 44.0 Å². The van der Waals surface area contributed by atoms with Gasteiger partial charge in [-0.2, -0.15) is 0 Å². The molecule has 2 rings (SSSR count). The first-order valence-electron chi connectivity index (χ1n) is 7.73. The summed E-state index contributed by atoms with van der Waals surface area (Å²) in [6.45, 7) is 7.45. The molecule has 1 N–H and O–H groups in total. The average Bonchev–Trinajstić information content (AvgIpc) is 2.47. The molecule has 0 atom stereocenters. The molecule has 1 aromatic heterocycles. The van der Waals surface area contributed by atoms with Crippen LogP contribution in [-0.4, -0.2) is 37.8 Å². The monoisotopic (exact) mass is 295 g/mol. The van der Waals surface area contributed by atoms with Crippen LogP contribution in [0.25, 0.3) is 0 Å². The molecule has 1 aliphatic heterocycles. The van der Waals surface area contributed by atoms with Crippen LogP contribution in [0.3, 0.4) is 0 Å². The molecule has 1 aliphatic rings. The molecule has 0 unspecified atom stereocenters. The van der Waals surface area contributed by atoms with Gasteiger partial charge in [0.15, 0.2) is 0 Å². The molecule has 21 heavy (non-hydrogen) atoms. The van der Waals surface area contributed by atoms with Gasteiger partial charge in [0, 0.05) is 38.4 Å². The Bertz CT molecular complexity index is 447. The average molecular weight is 295 g/mol. The third-order valence-corrected chi connectivity index (χ3v) is 3.85. The summed E-state index contributed by atoms with van der Waals surface area (Å²) >= 11 is 0. The summed E-state index contributed by atoms with van der Waals surface area (Å²) in [4.78, 5) is 6.50. The standard InChI is InChI=1S/C16H26FN3O/c1-12(2)9-18-10-13-8-14(17)11-19-16(13)20(3)15-4-6-21-7-5-15/h8,11-12,15,18H,4-7,9-10H2,1-3H3. The first-order valence-corrected chi connectivity index (χ1v) is 7.73. The molecule has 0 aromatic carbocycles. The van der Waals surface area contributed by atoms with E-state index < -0.39 is 0 Å². The highest BCUT2D eigenvalue weighted by atomic mass is 19.1. The predicted octanol–water partition coefficient (Wildman–Crippen LogP) is 2.58. The topological polar surface area (TPSA) is 37.4 Å². The Balaban J connectivity index is 2.09. The van der Waals surface area contributed by atoms with E-state index in [9.17, 15) is 4.39 Å². The Morgan fingerprint density at radius 3 is 2.81 bits per heavy atom.